The summed E-state index contributed by atoms with van der Waals surface area (Å²) in [6, 6.07) is 0. The summed E-state index contributed by atoms with van der Waals surface area (Å²) in [5, 5.41) is -1.31. The van der Waals surface area contributed by atoms with E-state index in [0.717, 1.165) is 7.11 Å². The molecule has 0 heterocycles. The van der Waals surface area contributed by atoms with Crippen molar-refractivity contribution in [1.82, 2.24) is 4.72 Å². The largest absolute Gasteiger partial charge is 0.468 e. The van der Waals surface area contributed by atoms with E-state index in [9.17, 15) is 13.2 Å². The summed E-state index contributed by atoms with van der Waals surface area (Å²) in [6.45, 7) is 4.55. The Bertz CT molecular complexity index is 407. The van der Waals surface area contributed by atoms with Crippen LogP contribution in [0.4, 0.5) is 0 Å². The van der Waals surface area contributed by atoms with Crippen LogP contribution < -0.4 is 10.5 Å². The number of carbonyl (C=O) groups excluding carboxylic acids is 1. The van der Waals surface area contributed by atoms with Crippen molar-refractivity contribution in [3.63, 3.8) is 0 Å². The van der Waals surface area contributed by atoms with Gasteiger partial charge in [-0.05, 0) is 20.3 Å². The summed E-state index contributed by atoms with van der Waals surface area (Å²) >= 11 is 4.81. The molecule has 0 saturated carbocycles. The van der Waals surface area contributed by atoms with Gasteiger partial charge in [0.2, 0.25) is 10.0 Å². The van der Waals surface area contributed by atoms with Crippen LogP contribution in [0.5, 0.6) is 0 Å². The predicted octanol–water partition coefficient (Wildman–Crippen LogP) is -0.0779. The zero-order valence-electron chi connectivity index (χ0n) is 10.3. The Hall–Kier alpha value is -0.730. The lowest BCUT2D eigenvalue weighted by molar-refractivity contribution is -0.139. The fraction of sp³-hybridized carbons (Fsp3) is 0.778. The molecule has 0 fully saturated rings. The molecular weight excluding hydrogens is 264 g/mol. The van der Waals surface area contributed by atoms with E-state index in [1.165, 1.54) is 6.92 Å². The molecule has 0 aromatic carbocycles. The van der Waals surface area contributed by atoms with Crippen LogP contribution in [-0.4, -0.2) is 37.3 Å². The Kier molecular flexibility index (Phi) is 5.50. The molecule has 6 nitrogen and oxygen atoms in total. The van der Waals surface area contributed by atoms with Gasteiger partial charge in [-0.3, -0.25) is 4.79 Å². The summed E-state index contributed by atoms with van der Waals surface area (Å²) in [4.78, 5) is 11.2. The summed E-state index contributed by atoms with van der Waals surface area (Å²) in [6.07, 6.45) is 0.384. The minimum Gasteiger partial charge on any atom is -0.468 e. The van der Waals surface area contributed by atoms with E-state index >= 15 is 0 Å². The predicted molar refractivity (Wildman–Crippen MR) is 69.0 cm³/mol. The normalized spacial score (nSPS) is 16.9. The van der Waals surface area contributed by atoms with E-state index in [2.05, 4.69) is 9.46 Å². The molecule has 0 radical (unpaired) electrons. The first-order chi connectivity index (χ1) is 7.60. The minimum atomic E-state index is -3.88. The van der Waals surface area contributed by atoms with Gasteiger partial charge in [0.05, 0.1) is 17.6 Å². The zero-order chi connectivity index (χ0) is 13.9. The number of sulfonamides is 1. The first-order valence-electron chi connectivity index (χ1n) is 5.01. The van der Waals surface area contributed by atoms with Crippen LogP contribution in [0.3, 0.4) is 0 Å². The lowest BCUT2D eigenvalue weighted by Gasteiger charge is -2.29. The second-order valence-electron chi connectivity index (χ2n) is 3.86. The molecule has 0 bridgehead atoms. The van der Waals surface area contributed by atoms with E-state index in [1.54, 1.807) is 13.8 Å². The van der Waals surface area contributed by atoms with Crippen LogP contribution in [0.15, 0.2) is 0 Å². The standard InChI is InChI=1S/C9H18N2O4S2/c1-5-9(3,8(10)16)11-17(13,14)6(2)7(12)15-4/h6,11H,5H2,1-4H3,(H2,10,16). The molecule has 0 aliphatic carbocycles. The van der Waals surface area contributed by atoms with Crippen molar-refractivity contribution in [1.29, 1.82) is 0 Å². The van der Waals surface area contributed by atoms with Crippen molar-refractivity contribution in [2.24, 2.45) is 5.73 Å². The van der Waals surface area contributed by atoms with Crippen molar-refractivity contribution in [2.75, 3.05) is 7.11 Å². The molecule has 8 heteroatoms. The maximum absolute atomic E-state index is 11.9. The summed E-state index contributed by atoms with van der Waals surface area (Å²) in [5.74, 6) is -0.834. The molecule has 0 aliphatic rings. The van der Waals surface area contributed by atoms with E-state index in [1.807, 2.05) is 0 Å². The maximum atomic E-state index is 11.9. The topological polar surface area (TPSA) is 98.5 Å². The number of hydrogen-bond donors (Lipinski definition) is 2. The molecular formula is C9H18N2O4S2. The Labute approximate surface area is 107 Å². The second kappa shape index (κ2) is 5.74. The first kappa shape index (κ1) is 16.3. The fourth-order valence-corrected chi connectivity index (χ4v) is 2.66. The summed E-state index contributed by atoms with van der Waals surface area (Å²) in [5.41, 5.74) is 4.44. The SMILES string of the molecule is CCC(C)(NS(=O)(=O)C(C)C(=O)OC)C(N)=S. The van der Waals surface area contributed by atoms with Gasteiger partial charge in [-0.2, -0.15) is 0 Å². The Morgan fingerprint density at radius 1 is 1.59 bits per heavy atom. The molecule has 0 aromatic heterocycles. The number of ether oxygens (including phenoxy) is 1. The van der Waals surface area contributed by atoms with Gasteiger partial charge in [0.15, 0.2) is 5.25 Å². The maximum Gasteiger partial charge on any atom is 0.325 e. The van der Waals surface area contributed by atoms with Gasteiger partial charge in [-0.25, -0.2) is 13.1 Å². The number of esters is 1. The Morgan fingerprint density at radius 3 is 2.35 bits per heavy atom. The third kappa shape index (κ3) is 3.90. The number of rotatable bonds is 6. The van der Waals surface area contributed by atoms with E-state index in [4.69, 9.17) is 18.0 Å². The molecule has 100 valence electrons. The molecule has 2 unspecified atom stereocenters. The van der Waals surface area contributed by atoms with Gasteiger partial charge in [0.1, 0.15) is 0 Å². The molecule has 0 spiro atoms. The first-order valence-corrected chi connectivity index (χ1v) is 6.96. The van der Waals surface area contributed by atoms with E-state index in [0.29, 0.717) is 6.42 Å². The Balaban J connectivity index is 5.12. The van der Waals surface area contributed by atoms with Gasteiger partial charge < -0.3 is 10.5 Å². The quantitative estimate of drug-likeness (QED) is 0.522. The van der Waals surface area contributed by atoms with Crippen molar-refractivity contribution < 1.29 is 17.9 Å². The van der Waals surface area contributed by atoms with E-state index in [-0.39, 0.29) is 4.99 Å². The van der Waals surface area contributed by atoms with E-state index < -0.39 is 26.8 Å². The van der Waals surface area contributed by atoms with Crippen LogP contribution >= 0.6 is 12.2 Å². The second-order valence-corrected chi connectivity index (χ2v) is 6.30. The number of methoxy groups -OCH3 is 1. The lowest BCUT2D eigenvalue weighted by Crippen LogP contribution is -2.56. The van der Waals surface area contributed by atoms with Crippen LogP contribution in [0.1, 0.15) is 27.2 Å². The molecule has 0 aliphatic heterocycles. The third-order valence-electron chi connectivity index (χ3n) is 2.62. The minimum absolute atomic E-state index is 0.0284. The number of thiocarbonyl (C=S) groups is 1. The number of nitrogens with two attached hydrogens (primary N) is 1. The highest BCUT2D eigenvalue weighted by Gasteiger charge is 2.37. The van der Waals surface area contributed by atoms with Crippen molar-refractivity contribution in [2.45, 2.75) is 38.0 Å². The van der Waals surface area contributed by atoms with Crippen LogP contribution in [0.25, 0.3) is 0 Å². The van der Waals surface area contributed by atoms with Crippen LogP contribution in [-0.2, 0) is 19.6 Å². The van der Waals surface area contributed by atoms with Crippen molar-refractivity contribution in [3.8, 4) is 0 Å². The molecule has 17 heavy (non-hydrogen) atoms. The summed E-state index contributed by atoms with van der Waals surface area (Å²) < 4.78 is 30.5. The number of hydrogen-bond acceptors (Lipinski definition) is 5. The average molecular weight is 282 g/mol. The smallest absolute Gasteiger partial charge is 0.325 e. The number of nitrogens with one attached hydrogen (secondary N) is 1. The Morgan fingerprint density at radius 2 is 2.06 bits per heavy atom. The van der Waals surface area contributed by atoms with Gasteiger partial charge >= 0.3 is 5.97 Å². The molecule has 0 amide bonds. The third-order valence-corrected chi connectivity index (χ3v) is 4.93. The molecule has 0 saturated heterocycles. The molecule has 2 atom stereocenters. The van der Waals surface area contributed by atoms with Gasteiger partial charge in [-0.15, -0.1) is 0 Å². The van der Waals surface area contributed by atoms with Gasteiger partial charge in [-0.1, -0.05) is 19.1 Å². The van der Waals surface area contributed by atoms with Crippen molar-refractivity contribution >= 4 is 33.2 Å². The molecule has 0 aromatic rings. The van der Waals surface area contributed by atoms with Crippen LogP contribution in [0, 0.1) is 0 Å². The average Bonchev–Trinajstić information content (AvgIpc) is 2.25. The van der Waals surface area contributed by atoms with Gasteiger partial charge in [0, 0.05) is 0 Å². The highest BCUT2D eigenvalue weighted by atomic mass is 32.2. The number of carbonyl (C=O) groups is 1. The monoisotopic (exact) mass is 282 g/mol. The van der Waals surface area contributed by atoms with Crippen molar-refractivity contribution in [3.05, 3.63) is 0 Å². The van der Waals surface area contributed by atoms with Crippen LogP contribution in [0.2, 0.25) is 0 Å². The van der Waals surface area contributed by atoms with Gasteiger partial charge in [0.25, 0.3) is 0 Å². The molecule has 3 N–H and O–H groups in total. The highest BCUT2D eigenvalue weighted by molar-refractivity contribution is 7.91. The highest BCUT2D eigenvalue weighted by Crippen LogP contribution is 2.14. The fourth-order valence-electron chi connectivity index (χ4n) is 0.992. The lowest BCUT2D eigenvalue weighted by atomic mass is 10.0. The zero-order valence-corrected chi connectivity index (χ0v) is 11.9. The molecule has 0 rings (SSSR count). The summed E-state index contributed by atoms with van der Waals surface area (Å²) in [7, 11) is -2.75.